The van der Waals surface area contributed by atoms with E-state index < -0.39 is 0 Å². The number of rotatable bonds is 6. The number of ether oxygens (including phenoxy) is 2. The van der Waals surface area contributed by atoms with Gasteiger partial charge in [-0.1, -0.05) is 52.6 Å². The molecule has 0 fully saturated rings. The van der Waals surface area contributed by atoms with Gasteiger partial charge in [-0.25, -0.2) is 0 Å². The zero-order valence-corrected chi connectivity index (χ0v) is 15.3. The van der Waals surface area contributed by atoms with E-state index >= 15 is 0 Å². The molecule has 0 aliphatic carbocycles. The number of methoxy groups -OCH3 is 1. The first kappa shape index (κ1) is 17.8. The summed E-state index contributed by atoms with van der Waals surface area (Å²) in [5, 5.41) is 5.02. The normalized spacial score (nSPS) is 12.2. The molecule has 1 atom stereocenters. The molecule has 25 heavy (non-hydrogen) atoms. The highest BCUT2D eigenvalue weighted by Gasteiger charge is 2.21. The summed E-state index contributed by atoms with van der Waals surface area (Å²) >= 11 is 12.2. The summed E-state index contributed by atoms with van der Waals surface area (Å²) in [6, 6.07) is 14.8. The second-order valence-corrected chi connectivity index (χ2v) is 6.39. The summed E-state index contributed by atoms with van der Waals surface area (Å²) in [7, 11) is 1.63. The molecular weight excluding hydrogens is 361 g/mol. The molecule has 1 heterocycles. The van der Waals surface area contributed by atoms with Gasteiger partial charge in [-0.3, -0.25) is 0 Å². The van der Waals surface area contributed by atoms with E-state index in [2.05, 4.69) is 5.16 Å². The smallest absolute Gasteiger partial charge is 0.170 e. The molecule has 0 spiro atoms. The minimum atomic E-state index is -0.365. The van der Waals surface area contributed by atoms with Crippen LogP contribution in [0, 0.1) is 6.92 Å². The first-order chi connectivity index (χ1) is 12.1. The van der Waals surface area contributed by atoms with Gasteiger partial charge in [-0.2, -0.15) is 0 Å². The fraction of sp³-hybridized carbons (Fsp3) is 0.211. The minimum absolute atomic E-state index is 0.323. The van der Waals surface area contributed by atoms with Crippen LogP contribution in [0.15, 0.2) is 53.1 Å². The Morgan fingerprint density at radius 1 is 1.12 bits per heavy atom. The van der Waals surface area contributed by atoms with Crippen LogP contribution in [0.25, 0.3) is 0 Å². The van der Waals surface area contributed by atoms with Crippen LogP contribution in [0.1, 0.15) is 28.7 Å². The van der Waals surface area contributed by atoms with Crippen LogP contribution < -0.4 is 4.74 Å². The number of hydrogen-bond donors (Lipinski definition) is 0. The van der Waals surface area contributed by atoms with E-state index in [0.717, 1.165) is 16.8 Å². The maximum absolute atomic E-state index is 6.16. The molecule has 0 radical (unpaired) electrons. The Morgan fingerprint density at radius 3 is 2.64 bits per heavy atom. The highest BCUT2D eigenvalue weighted by atomic mass is 35.5. The molecule has 1 aromatic heterocycles. The van der Waals surface area contributed by atoms with Crippen molar-refractivity contribution in [2.75, 3.05) is 7.11 Å². The SMILES string of the molecule is COC(c1cc(C)no1)c1ccccc1COc1cc(Cl)ccc1Cl. The highest BCUT2D eigenvalue weighted by molar-refractivity contribution is 6.34. The van der Waals surface area contributed by atoms with Crippen molar-refractivity contribution in [2.24, 2.45) is 0 Å². The molecule has 3 rings (SSSR count). The fourth-order valence-corrected chi connectivity index (χ4v) is 2.90. The molecular formula is C19H17Cl2NO3. The van der Waals surface area contributed by atoms with Gasteiger partial charge in [-0.05, 0) is 30.2 Å². The number of nitrogens with zero attached hydrogens (tertiary/aromatic N) is 1. The molecule has 6 heteroatoms. The van der Waals surface area contributed by atoms with E-state index in [9.17, 15) is 0 Å². The number of aromatic nitrogens is 1. The van der Waals surface area contributed by atoms with Gasteiger partial charge in [0.05, 0.1) is 10.7 Å². The van der Waals surface area contributed by atoms with Gasteiger partial charge in [0, 0.05) is 24.3 Å². The van der Waals surface area contributed by atoms with Crippen molar-refractivity contribution >= 4 is 23.2 Å². The third-order valence-electron chi connectivity index (χ3n) is 3.75. The Labute approximate surface area is 156 Å². The highest BCUT2D eigenvalue weighted by Crippen LogP contribution is 2.31. The molecule has 2 aromatic carbocycles. The van der Waals surface area contributed by atoms with Crippen molar-refractivity contribution in [1.29, 1.82) is 0 Å². The molecule has 0 N–H and O–H groups in total. The van der Waals surface area contributed by atoms with Crippen molar-refractivity contribution in [1.82, 2.24) is 5.16 Å². The van der Waals surface area contributed by atoms with Gasteiger partial charge in [0.25, 0.3) is 0 Å². The van der Waals surface area contributed by atoms with Crippen LogP contribution in [0.2, 0.25) is 10.0 Å². The molecule has 0 aliphatic rings. The van der Waals surface area contributed by atoms with Crippen LogP contribution >= 0.6 is 23.2 Å². The van der Waals surface area contributed by atoms with Crippen molar-refractivity contribution < 1.29 is 14.0 Å². The molecule has 0 amide bonds. The van der Waals surface area contributed by atoms with Crippen LogP contribution in [0.4, 0.5) is 0 Å². The lowest BCUT2D eigenvalue weighted by molar-refractivity contribution is 0.108. The molecule has 0 saturated heterocycles. The maximum atomic E-state index is 6.16. The standard InChI is InChI=1S/C19H17Cl2NO3/c1-12-9-18(25-22-12)19(23-2)15-6-4-3-5-13(15)11-24-17-10-14(20)7-8-16(17)21/h3-10,19H,11H2,1-2H3. The molecule has 0 saturated carbocycles. The summed E-state index contributed by atoms with van der Waals surface area (Å²) < 4.78 is 16.9. The predicted molar refractivity (Wildman–Crippen MR) is 97.3 cm³/mol. The maximum Gasteiger partial charge on any atom is 0.170 e. The molecule has 1 unspecified atom stereocenters. The van der Waals surface area contributed by atoms with Crippen molar-refractivity contribution in [3.05, 3.63) is 81.2 Å². The number of aryl methyl sites for hydroxylation is 1. The van der Waals surface area contributed by atoms with Gasteiger partial charge in [0.15, 0.2) is 5.76 Å². The van der Waals surface area contributed by atoms with E-state index in [1.807, 2.05) is 37.3 Å². The lowest BCUT2D eigenvalue weighted by Crippen LogP contribution is -2.08. The van der Waals surface area contributed by atoms with Gasteiger partial charge in [0.2, 0.25) is 0 Å². The van der Waals surface area contributed by atoms with E-state index in [1.165, 1.54) is 0 Å². The second kappa shape index (κ2) is 7.91. The van der Waals surface area contributed by atoms with Crippen LogP contribution in [-0.2, 0) is 11.3 Å². The molecule has 4 nitrogen and oxygen atoms in total. The Morgan fingerprint density at radius 2 is 1.92 bits per heavy atom. The van der Waals surface area contributed by atoms with Crippen LogP contribution in [0.3, 0.4) is 0 Å². The monoisotopic (exact) mass is 377 g/mol. The zero-order chi connectivity index (χ0) is 17.8. The van der Waals surface area contributed by atoms with Gasteiger partial charge < -0.3 is 14.0 Å². The quantitative estimate of drug-likeness (QED) is 0.560. The Bertz CT molecular complexity index is 863. The summed E-state index contributed by atoms with van der Waals surface area (Å²) in [6.07, 6.45) is -0.365. The molecule has 130 valence electrons. The number of benzene rings is 2. The lowest BCUT2D eigenvalue weighted by Gasteiger charge is -2.17. The van der Waals surface area contributed by atoms with Gasteiger partial charge in [-0.15, -0.1) is 0 Å². The topological polar surface area (TPSA) is 44.5 Å². The summed E-state index contributed by atoms with van der Waals surface area (Å²) in [4.78, 5) is 0. The predicted octanol–water partition coefficient (Wildman–Crippen LogP) is 5.60. The minimum Gasteiger partial charge on any atom is -0.487 e. The number of halogens is 2. The summed E-state index contributed by atoms with van der Waals surface area (Å²) in [5.41, 5.74) is 2.70. The average Bonchev–Trinajstić information content (AvgIpc) is 3.03. The van der Waals surface area contributed by atoms with E-state index in [0.29, 0.717) is 28.2 Å². The lowest BCUT2D eigenvalue weighted by atomic mass is 10.0. The van der Waals surface area contributed by atoms with Gasteiger partial charge >= 0.3 is 0 Å². The Hall–Kier alpha value is -2.01. The molecule has 3 aromatic rings. The second-order valence-electron chi connectivity index (χ2n) is 5.55. The first-order valence-corrected chi connectivity index (χ1v) is 8.45. The van der Waals surface area contributed by atoms with Crippen molar-refractivity contribution in [2.45, 2.75) is 19.6 Å². The third-order valence-corrected chi connectivity index (χ3v) is 4.30. The largest absolute Gasteiger partial charge is 0.487 e. The van der Waals surface area contributed by atoms with Gasteiger partial charge in [0.1, 0.15) is 18.5 Å². The van der Waals surface area contributed by atoms with E-state index in [-0.39, 0.29) is 6.10 Å². The summed E-state index contributed by atoms with van der Waals surface area (Å²) in [5.74, 6) is 1.18. The third kappa shape index (κ3) is 4.15. The van der Waals surface area contributed by atoms with E-state index in [1.54, 1.807) is 25.3 Å². The Kier molecular flexibility index (Phi) is 5.63. The summed E-state index contributed by atoms with van der Waals surface area (Å²) in [6.45, 7) is 2.19. The molecule has 0 aliphatic heterocycles. The van der Waals surface area contributed by atoms with E-state index in [4.69, 9.17) is 37.2 Å². The van der Waals surface area contributed by atoms with Crippen LogP contribution in [0.5, 0.6) is 5.75 Å². The van der Waals surface area contributed by atoms with Crippen molar-refractivity contribution in [3.8, 4) is 5.75 Å². The Balaban J connectivity index is 1.86. The molecule has 0 bridgehead atoms. The average molecular weight is 378 g/mol. The van der Waals surface area contributed by atoms with Crippen molar-refractivity contribution in [3.63, 3.8) is 0 Å². The number of hydrogen-bond acceptors (Lipinski definition) is 4. The fourth-order valence-electron chi connectivity index (χ4n) is 2.57. The van der Waals surface area contributed by atoms with Crippen LogP contribution in [-0.4, -0.2) is 12.3 Å². The first-order valence-electron chi connectivity index (χ1n) is 7.70. The zero-order valence-electron chi connectivity index (χ0n) is 13.8.